The Balaban J connectivity index is 1.89. The van der Waals surface area contributed by atoms with Gasteiger partial charge in [-0.25, -0.2) is 0 Å². The minimum Gasteiger partial charge on any atom is -0.496 e. The predicted molar refractivity (Wildman–Crippen MR) is 73.4 cm³/mol. The first kappa shape index (κ1) is 13.4. The molecule has 4 nitrogen and oxygen atoms in total. The first-order valence-electron chi connectivity index (χ1n) is 6.35. The van der Waals surface area contributed by atoms with Gasteiger partial charge in [-0.05, 0) is 38.8 Å². The lowest BCUT2D eigenvalue weighted by Crippen LogP contribution is -2.44. The molecule has 100 valence electrons. The highest BCUT2D eigenvalue weighted by molar-refractivity contribution is 7.12. The van der Waals surface area contributed by atoms with Gasteiger partial charge in [0.15, 0.2) is 0 Å². The van der Waals surface area contributed by atoms with E-state index in [1.165, 1.54) is 24.2 Å². The van der Waals surface area contributed by atoms with E-state index in [-0.39, 0.29) is 11.9 Å². The van der Waals surface area contributed by atoms with Crippen LogP contribution in [0.3, 0.4) is 0 Å². The summed E-state index contributed by atoms with van der Waals surface area (Å²) in [7, 11) is 1.61. The van der Waals surface area contributed by atoms with Crippen molar-refractivity contribution in [3.63, 3.8) is 0 Å². The molecule has 1 saturated heterocycles. The molecule has 2 rings (SSSR count). The Hall–Kier alpha value is -1.07. The van der Waals surface area contributed by atoms with E-state index < -0.39 is 0 Å². The summed E-state index contributed by atoms with van der Waals surface area (Å²) in [5.74, 6) is 1.28. The van der Waals surface area contributed by atoms with Crippen molar-refractivity contribution in [1.29, 1.82) is 0 Å². The molecule has 18 heavy (non-hydrogen) atoms. The van der Waals surface area contributed by atoms with Gasteiger partial charge in [-0.3, -0.25) is 4.79 Å². The number of nitrogens with one attached hydrogen (secondary N) is 2. The summed E-state index contributed by atoms with van der Waals surface area (Å²) in [4.78, 5) is 12.8. The highest BCUT2D eigenvalue weighted by atomic mass is 32.1. The Morgan fingerprint density at radius 3 is 3.11 bits per heavy atom. The number of thiophene rings is 1. The van der Waals surface area contributed by atoms with Crippen molar-refractivity contribution in [2.45, 2.75) is 25.8 Å². The van der Waals surface area contributed by atoms with Crippen LogP contribution in [0.5, 0.6) is 5.75 Å². The van der Waals surface area contributed by atoms with E-state index in [9.17, 15) is 4.79 Å². The second kappa shape index (κ2) is 6.20. The fourth-order valence-corrected chi connectivity index (χ4v) is 3.00. The van der Waals surface area contributed by atoms with Crippen LogP contribution in [-0.2, 0) is 0 Å². The first-order valence-corrected chi connectivity index (χ1v) is 7.22. The lowest BCUT2D eigenvalue weighted by molar-refractivity contribution is 0.0926. The summed E-state index contributed by atoms with van der Waals surface area (Å²) in [6, 6.07) is 1.99. The van der Waals surface area contributed by atoms with E-state index in [0.29, 0.717) is 10.8 Å². The van der Waals surface area contributed by atoms with E-state index in [1.807, 2.05) is 5.38 Å². The average molecular weight is 268 g/mol. The fourth-order valence-electron chi connectivity index (χ4n) is 2.25. The van der Waals surface area contributed by atoms with Gasteiger partial charge in [0, 0.05) is 17.5 Å². The zero-order chi connectivity index (χ0) is 13.0. The molecule has 2 N–H and O–H groups in total. The second-order valence-electron chi connectivity index (χ2n) is 4.72. The van der Waals surface area contributed by atoms with Crippen LogP contribution < -0.4 is 15.4 Å². The lowest BCUT2D eigenvalue weighted by Gasteiger charge is -2.28. The summed E-state index contributed by atoms with van der Waals surface area (Å²) in [6.07, 6.45) is 2.37. The molecule has 0 saturated carbocycles. The molecule has 1 aromatic rings. The molecule has 5 heteroatoms. The Morgan fingerprint density at radius 2 is 2.50 bits per heavy atom. The molecule has 2 heterocycles. The SMILES string of the molecule is COc1csc(C(=O)NC(C)C2CCCNC2)c1. The minimum absolute atomic E-state index is 0.00127. The van der Waals surface area contributed by atoms with Gasteiger partial charge in [-0.15, -0.1) is 11.3 Å². The van der Waals surface area contributed by atoms with Gasteiger partial charge in [0.1, 0.15) is 5.75 Å². The van der Waals surface area contributed by atoms with Crippen LogP contribution in [0, 0.1) is 5.92 Å². The zero-order valence-electron chi connectivity index (χ0n) is 10.9. The van der Waals surface area contributed by atoms with E-state index in [1.54, 1.807) is 13.2 Å². The van der Waals surface area contributed by atoms with Gasteiger partial charge >= 0.3 is 0 Å². The first-order chi connectivity index (χ1) is 8.70. The van der Waals surface area contributed by atoms with Crippen LogP contribution in [0.4, 0.5) is 0 Å². The van der Waals surface area contributed by atoms with Crippen LogP contribution in [-0.4, -0.2) is 32.1 Å². The molecule has 1 aromatic heterocycles. The molecule has 0 aromatic carbocycles. The maximum Gasteiger partial charge on any atom is 0.261 e. The number of hydrogen-bond donors (Lipinski definition) is 2. The maximum absolute atomic E-state index is 12.1. The Kier molecular flexibility index (Phi) is 4.60. The van der Waals surface area contributed by atoms with Gasteiger partial charge in [-0.2, -0.15) is 0 Å². The monoisotopic (exact) mass is 268 g/mol. The Morgan fingerprint density at radius 1 is 1.67 bits per heavy atom. The third-order valence-corrected chi connectivity index (χ3v) is 4.34. The third kappa shape index (κ3) is 3.23. The van der Waals surface area contributed by atoms with Crippen molar-refractivity contribution in [1.82, 2.24) is 10.6 Å². The fraction of sp³-hybridized carbons (Fsp3) is 0.615. The molecule has 0 spiro atoms. The van der Waals surface area contributed by atoms with Gasteiger partial charge in [0.2, 0.25) is 0 Å². The number of hydrogen-bond acceptors (Lipinski definition) is 4. The quantitative estimate of drug-likeness (QED) is 0.876. The number of methoxy groups -OCH3 is 1. The smallest absolute Gasteiger partial charge is 0.261 e. The van der Waals surface area contributed by atoms with Crippen LogP contribution in [0.1, 0.15) is 29.4 Å². The van der Waals surface area contributed by atoms with Crippen molar-refractivity contribution in [2.75, 3.05) is 20.2 Å². The van der Waals surface area contributed by atoms with Gasteiger partial charge < -0.3 is 15.4 Å². The Labute approximate surface area is 112 Å². The number of carbonyl (C=O) groups is 1. The highest BCUT2D eigenvalue weighted by Gasteiger charge is 2.22. The molecule has 2 unspecified atom stereocenters. The zero-order valence-corrected chi connectivity index (χ0v) is 11.7. The van der Waals surface area contributed by atoms with Crippen molar-refractivity contribution in [3.05, 3.63) is 16.3 Å². The van der Waals surface area contributed by atoms with Crippen molar-refractivity contribution in [2.24, 2.45) is 5.92 Å². The van der Waals surface area contributed by atoms with E-state index >= 15 is 0 Å². The summed E-state index contributed by atoms with van der Waals surface area (Å²) < 4.78 is 5.09. The van der Waals surface area contributed by atoms with Crippen LogP contribution in [0.2, 0.25) is 0 Å². The average Bonchev–Trinajstić information content (AvgIpc) is 2.88. The number of rotatable bonds is 4. The molecule has 1 amide bonds. The van der Waals surface area contributed by atoms with E-state index in [4.69, 9.17) is 4.74 Å². The molecule has 2 atom stereocenters. The largest absolute Gasteiger partial charge is 0.496 e. The highest BCUT2D eigenvalue weighted by Crippen LogP contribution is 2.21. The van der Waals surface area contributed by atoms with Crippen LogP contribution >= 0.6 is 11.3 Å². The standard InChI is InChI=1S/C13H20N2O2S/c1-9(10-4-3-5-14-7-10)15-13(16)12-6-11(17-2)8-18-12/h6,8-10,14H,3-5,7H2,1-2H3,(H,15,16). The van der Waals surface area contributed by atoms with Crippen molar-refractivity contribution >= 4 is 17.2 Å². The maximum atomic E-state index is 12.1. The normalized spacial score (nSPS) is 21.3. The molecule has 0 radical (unpaired) electrons. The Bertz CT molecular complexity index is 399. The third-order valence-electron chi connectivity index (χ3n) is 3.44. The number of ether oxygens (including phenoxy) is 1. The van der Waals surface area contributed by atoms with Crippen LogP contribution in [0.25, 0.3) is 0 Å². The van der Waals surface area contributed by atoms with Gasteiger partial charge in [-0.1, -0.05) is 0 Å². The summed E-state index contributed by atoms with van der Waals surface area (Å²) in [6.45, 7) is 4.18. The van der Waals surface area contributed by atoms with E-state index in [0.717, 1.165) is 18.8 Å². The number of piperidine rings is 1. The topological polar surface area (TPSA) is 50.4 Å². The lowest BCUT2D eigenvalue weighted by atomic mass is 9.93. The summed E-state index contributed by atoms with van der Waals surface area (Å²) in [5.41, 5.74) is 0. The summed E-state index contributed by atoms with van der Waals surface area (Å²) in [5, 5.41) is 8.30. The summed E-state index contributed by atoms with van der Waals surface area (Å²) >= 11 is 1.42. The molecule has 0 bridgehead atoms. The van der Waals surface area contributed by atoms with Crippen molar-refractivity contribution < 1.29 is 9.53 Å². The number of carbonyl (C=O) groups excluding carboxylic acids is 1. The molecule has 1 aliphatic heterocycles. The predicted octanol–water partition coefficient (Wildman–Crippen LogP) is 1.87. The van der Waals surface area contributed by atoms with Crippen molar-refractivity contribution in [3.8, 4) is 5.75 Å². The van der Waals surface area contributed by atoms with Gasteiger partial charge in [0.25, 0.3) is 5.91 Å². The molecular formula is C13H20N2O2S. The molecule has 0 aliphatic carbocycles. The molecule has 1 aliphatic rings. The van der Waals surface area contributed by atoms with E-state index in [2.05, 4.69) is 17.6 Å². The molecular weight excluding hydrogens is 248 g/mol. The molecule has 1 fully saturated rings. The second-order valence-corrected chi connectivity index (χ2v) is 5.63. The van der Waals surface area contributed by atoms with Gasteiger partial charge in [0.05, 0.1) is 12.0 Å². The minimum atomic E-state index is 0.00127. The number of amides is 1. The van der Waals surface area contributed by atoms with Crippen LogP contribution in [0.15, 0.2) is 11.4 Å².